The van der Waals surface area contributed by atoms with Crippen molar-refractivity contribution in [3.05, 3.63) is 0 Å². The summed E-state index contributed by atoms with van der Waals surface area (Å²) in [6.45, 7) is 3.81. The standard InChI is InChI=1S/C8H18N2O2/c1-6(10)8(4-3-5-9)12-7(2)11/h6,8H,3-5,9-10H2,1-2H3. The maximum atomic E-state index is 10.6. The van der Waals surface area contributed by atoms with Crippen molar-refractivity contribution in [2.75, 3.05) is 6.54 Å². The first-order valence-electron chi connectivity index (χ1n) is 4.20. The van der Waals surface area contributed by atoms with E-state index in [1.807, 2.05) is 6.92 Å². The van der Waals surface area contributed by atoms with Crippen molar-refractivity contribution in [2.45, 2.75) is 38.8 Å². The number of hydrogen-bond acceptors (Lipinski definition) is 4. The van der Waals surface area contributed by atoms with Crippen LogP contribution < -0.4 is 11.5 Å². The highest BCUT2D eigenvalue weighted by Gasteiger charge is 2.15. The van der Waals surface area contributed by atoms with Crippen LogP contribution in [0.3, 0.4) is 0 Å². The van der Waals surface area contributed by atoms with E-state index >= 15 is 0 Å². The third-order valence-electron chi connectivity index (χ3n) is 1.60. The molecular weight excluding hydrogens is 156 g/mol. The van der Waals surface area contributed by atoms with Gasteiger partial charge >= 0.3 is 5.97 Å². The first-order valence-corrected chi connectivity index (χ1v) is 4.20. The van der Waals surface area contributed by atoms with Gasteiger partial charge in [-0.15, -0.1) is 0 Å². The molecule has 0 aromatic rings. The predicted molar refractivity (Wildman–Crippen MR) is 47.5 cm³/mol. The lowest BCUT2D eigenvalue weighted by atomic mass is 10.1. The molecule has 2 atom stereocenters. The zero-order valence-corrected chi connectivity index (χ0v) is 7.75. The third-order valence-corrected chi connectivity index (χ3v) is 1.60. The maximum absolute atomic E-state index is 10.6. The van der Waals surface area contributed by atoms with Crippen LogP contribution in [0.15, 0.2) is 0 Å². The number of rotatable bonds is 5. The summed E-state index contributed by atoms with van der Waals surface area (Å²) in [5.41, 5.74) is 10.9. The fourth-order valence-electron chi connectivity index (χ4n) is 0.961. The zero-order valence-electron chi connectivity index (χ0n) is 7.75. The fraction of sp³-hybridized carbons (Fsp3) is 0.875. The van der Waals surface area contributed by atoms with Gasteiger partial charge in [-0.3, -0.25) is 4.79 Å². The summed E-state index contributed by atoms with van der Waals surface area (Å²) in [7, 11) is 0. The Bertz CT molecular complexity index is 137. The van der Waals surface area contributed by atoms with Gasteiger partial charge in [-0.25, -0.2) is 0 Å². The lowest BCUT2D eigenvalue weighted by Crippen LogP contribution is -2.35. The van der Waals surface area contributed by atoms with Crippen molar-refractivity contribution >= 4 is 5.97 Å². The number of esters is 1. The van der Waals surface area contributed by atoms with E-state index in [2.05, 4.69) is 0 Å². The molecule has 0 bridgehead atoms. The van der Waals surface area contributed by atoms with Gasteiger partial charge in [0, 0.05) is 13.0 Å². The minimum atomic E-state index is -0.283. The van der Waals surface area contributed by atoms with Gasteiger partial charge in [0.05, 0.1) is 0 Å². The molecule has 0 aliphatic rings. The molecule has 0 aromatic heterocycles. The third kappa shape index (κ3) is 5.09. The van der Waals surface area contributed by atoms with Gasteiger partial charge < -0.3 is 16.2 Å². The van der Waals surface area contributed by atoms with Crippen LogP contribution >= 0.6 is 0 Å². The molecule has 4 N–H and O–H groups in total. The van der Waals surface area contributed by atoms with Gasteiger partial charge in [0.2, 0.25) is 0 Å². The summed E-state index contributed by atoms with van der Waals surface area (Å²) in [5.74, 6) is -0.283. The van der Waals surface area contributed by atoms with E-state index in [9.17, 15) is 4.79 Å². The molecule has 4 heteroatoms. The van der Waals surface area contributed by atoms with Crippen molar-refractivity contribution in [2.24, 2.45) is 11.5 Å². The van der Waals surface area contributed by atoms with Crippen LogP contribution in [0.4, 0.5) is 0 Å². The van der Waals surface area contributed by atoms with Crippen LogP contribution in [0.25, 0.3) is 0 Å². The number of carbonyl (C=O) groups excluding carboxylic acids is 1. The Balaban J connectivity index is 3.78. The Hall–Kier alpha value is -0.610. The summed E-state index contributed by atoms with van der Waals surface area (Å²) in [6, 6.07) is -0.125. The normalized spacial score (nSPS) is 15.3. The van der Waals surface area contributed by atoms with E-state index in [0.29, 0.717) is 6.54 Å². The molecule has 0 rings (SSSR count). The molecule has 0 spiro atoms. The monoisotopic (exact) mass is 174 g/mol. The van der Waals surface area contributed by atoms with Gasteiger partial charge in [-0.05, 0) is 26.3 Å². The van der Waals surface area contributed by atoms with Crippen molar-refractivity contribution < 1.29 is 9.53 Å². The summed E-state index contributed by atoms with van der Waals surface area (Å²) >= 11 is 0. The summed E-state index contributed by atoms with van der Waals surface area (Å²) in [4.78, 5) is 10.6. The van der Waals surface area contributed by atoms with E-state index in [0.717, 1.165) is 12.8 Å². The lowest BCUT2D eigenvalue weighted by Gasteiger charge is -2.19. The SMILES string of the molecule is CC(=O)OC(CCCN)C(C)N. The summed E-state index contributed by atoms with van der Waals surface area (Å²) < 4.78 is 4.99. The predicted octanol–water partition coefficient (Wildman–Crippen LogP) is 0.00420. The molecule has 0 amide bonds. The first-order chi connectivity index (χ1) is 5.57. The molecule has 4 nitrogen and oxygen atoms in total. The second kappa shape index (κ2) is 5.97. The molecule has 72 valence electrons. The van der Waals surface area contributed by atoms with Gasteiger partial charge in [-0.1, -0.05) is 0 Å². The van der Waals surface area contributed by atoms with Crippen molar-refractivity contribution in [3.8, 4) is 0 Å². The van der Waals surface area contributed by atoms with Crippen molar-refractivity contribution in [1.82, 2.24) is 0 Å². The van der Waals surface area contributed by atoms with Gasteiger partial charge in [0.25, 0.3) is 0 Å². The van der Waals surface area contributed by atoms with Crippen LogP contribution in [0, 0.1) is 0 Å². The molecule has 0 aromatic carbocycles. The van der Waals surface area contributed by atoms with Crippen LogP contribution in [0.5, 0.6) is 0 Å². The van der Waals surface area contributed by atoms with Crippen molar-refractivity contribution in [1.29, 1.82) is 0 Å². The van der Waals surface area contributed by atoms with E-state index in [-0.39, 0.29) is 18.1 Å². The molecular formula is C8H18N2O2. The summed E-state index contributed by atoms with van der Waals surface area (Å²) in [5, 5.41) is 0. The maximum Gasteiger partial charge on any atom is 0.302 e. The first kappa shape index (κ1) is 11.4. The Morgan fingerprint density at radius 1 is 1.58 bits per heavy atom. The quantitative estimate of drug-likeness (QED) is 0.575. The van der Waals surface area contributed by atoms with Crippen LogP contribution in [0.1, 0.15) is 26.7 Å². The Labute approximate surface area is 73.2 Å². The van der Waals surface area contributed by atoms with Crippen LogP contribution in [-0.4, -0.2) is 24.7 Å². The van der Waals surface area contributed by atoms with E-state index in [4.69, 9.17) is 16.2 Å². The number of carbonyl (C=O) groups is 1. The second-order valence-electron chi connectivity index (χ2n) is 2.94. The highest BCUT2D eigenvalue weighted by atomic mass is 16.5. The largest absolute Gasteiger partial charge is 0.461 e. The molecule has 0 fully saturated rings. The number of hydrogen-bond donors (Lipinski definition) is 2. The minimum Gasteiger partial charge on any atom is -0.461 e. The van der Waals surface area contributed by atoms with Crippen LogP contribution in [-0.2, 0) is 9.53 Å². The molecule has 2 unspecified atom stereocenters. The molecule has 0 saturated heterocycles. The highest BCUT2D eigenvalue weighted by molar-refractivity contribution is 5.66. The molecule has 0 aliphatic heterocycles. The topological polar surface area (TPSA) is 78.3 Å². The average Bonchev–Trinajstić information content (AvgIpc) is 1.96. The Morgan fingerprint density at radius 3 is 2.50 bits per heavy atom. The van der Waals surface area contributed by atoms with E-state index in [1.165, 1.54) is 6.92 Å². The summed E-state index contributed by atoms with van der Waals surface area (Å²) in [6.07, 6.45) is 1.39. The Morgan fingerprint density at radius 2 is 2.17 bits per heavy atom. The number of ether oxygens (including phenoxy) is 1. The smallest absolute Gasteiger partial charge is 0.302 e. The second-order valence-corrected chi connectivity index (χ2v) is 2.94. The lowest BCUT2D eigenvalue weighted by molar-refractivity contribution is -0.147. The molecule has 0 aliphatic carbocycles. The molecule has 12 heavy (non-hydrogen) atoms. The average molecular weight is 174 g/mol. The van der Waals surface area contributed by atoms with Gasteiger partial charge in [0.1, 0.15) is 6.10 Å². The highest BCUT2D eigenvalue weighted by Crippen LogP contribution is 2.05. The van der Waals surface area contributed by atoms with Gasteiger partial charge in [0.15, 0.2) is 0 Å². The molecule has 0 saturated carbocycles. The van der Waals surface area contributed by atoms with E-state index in [1.54, 1.807) is 0 Å². The molecule has 0 heterocycles. The number of nitrogens with two attached hydrogens (primary N) is 2. The zero-order chi connectivity index (χ0) is 9.56. The van der Waals surface area contributed by atoms with Gasteiger partial charge in [-0.2, -0.15) is 0 Å². The van der Waals surface area contributed by atoms with E-state index < -0.39 is 0 Å². The minimum absolute atomic E-state index is 0.125. The van der Waals surface area contributed by atoms with Crippen molar-refractivity contribution in [3.63, 3.8) is 0 Å². The Kier molecular flexibility index (Phi) is 5.66. The molecule has 0 radical (unpaired) electrons. The van der Waals surface area contributed by atoms with Crippen LogP contribution in [0.2, 0.25) is 0 Å². The fourth-order valence-corrected chi connectivity index (χ4v) is 0.961.